The van der Waals surface area contributed by atoms with Gasteiger partial charge in [-0.2, -0.15) is 0 Å². The van der Waals surface area contributed by atoms with Crippen LogP contribution < -0.4 is 9.64 Å². The summed E-state index contributed by atoms with van der Waals surface area (Å²) in [6.07, 6.45) is 1.20. The van der Waals surface area contributed by atoms with E-state index in [4.69, 9.17) is 4.74 Å². The normalized spacial score (nSPS) is 17.6. The lowest BCUT2D eigenvalue weighted by atomic mass is 10.1. The standard InChI is InChI=1S/C16H16N2O2/c1-11-6-3-4-7-13(11)10-18-15-14(8-5-9-17-15)20-12(2)16(18)19/h3-9,12H,10H2,1-2H3. The summed E-state index contributed by atoms with van der Waals surface area (Å²) in [5, 5.41) is 0. The van der Waals surface area contributed by atoms with Crippen molar-refractivity contribution in [2.45, 2.75) is 26.5 Å². The Labute approximate surface area is 118 Å². The van der Waals surface area contributed by atoms with Crippen molar-refractivity contribution < 1.29 is 9.53 Å². The Morgan fingerprint density at radius 3 is 2.85 bits per heavy atom. The highest BCUT2D eigenvalue weighted by Gasteiger charge is 2.32. The second kappa shape index (κ2) is 4.96. The Balaban J connectivity index is 2.00. The highest BCUT2D eigenvalue weighted by molar-refractivity contribution is 5.98. The van der Waals surface area contributed by atoms with Gasteiger partial charge in [-0.25, -0.2) is 4.98 Å². The largest absolute Gasteiger partial charge is 0.477 e. The molecule has 102 valence electrons. The summed E-state index contributed by atoms with van der Waals surface area (Å²) in [7, 11) is 0. The van der Waals surface area contributed by atoms with Gasteiger partial charge in [-0.1, -0.05) is 24.3 Å². The third kappa shape index (κ3) is 2.13. The quantitative estimate of drug-likeness (QED) is 0.841. The van der Waals surface area contributed by atoms with Gasteiger partial charge in [0.25, 0.3) is 5.91 Å². The minimum absolute atomic E-state index is 0.0561. The first-order chi connectivity index (χ1) is 9.66. The molecule has 4 nitrogen and oxygen atoms in total. The highest BCUT2D eigenvalue weighted by Crippen LogP contribution is 2.32. The van der Waals surface area contributed by atoms with Crippen molar-refractivity contribution in [3.05, 3.63) is 53.7 Å². The Morgan fingerprint density at radius 2 is 2.05 bits per heavy atom. The molecule has 4 heteroatoms. The summed E-state index contributed by atoms with van der Waals surface area (Å²) in [6, 6.07) is 11.7. The third-order valence-corrected chi connectivity index (χ3v) is 3.51. The van der Waals surface area contributed by atoms with Gasteiger partial charge in [-0.05, 0) is 37.1 Å². The monoisotopic (exact) mass is 268 g/mol. The van der Waals surface area contributed by atoms with Crippen LogP contribution in [0.5, 0.6) is 5.75 Å². The van der Waals surface area contributed by atoms with E-state index in [9.17, 15) is 4.79 Å². The number of nitrogens with zero attached hydrogens (tertiary/aromatic N) is 2. The first kappa shape index (κ1) is 12.7. The van der Waals surface area contributed by atoms with Gasteiger partial charge in [-0.15, -0.1) is 0 Å². The number of amides is 1. The van der Waals surface area contributed by atoms with Gasteiger partial charge in [0, 0.05) is 6.20 Å². The molecule has 2 aromatic rings. The van der Waals surface area contributed by atoms with E-state index in [1.165, 1.54) is 0 Å². The molecule has 20 heavy (non-hydrogen) atoms. The van der Waals surface area contributed by atoms with Gasteiger partial charge in [0.2, 0.25) is 0 Å². The Bertz CT molecular complexity index is 654. The van der Waals surface area contributed by atoms with Crippen molar-refractivity contribution in [2.24, 2.45) is 0 Å². The number of pyridine rings is 1. The number of anilines is 1. The third-order valence-electron chi connectivity index (χ3n) is 3.51. The van der Waals surface area contributed by atoms with Gasteiger partial charge < -0.3 is 4.74 Å². The molecule has 0 bridgehead atoms. The maximum Gasteiger partial charge on any atom is 0.269 e. The number of carbonyl (C=O) groups excluding carboxylic acids is 1. The lowest BCUT2D eigenvalue weighted by Gasteiger charge is -2.32. The summed E-state index contributed by atoms with van der Waals surface area (Å²) < 4.78 is 5.59. The van der Waals surface area contributed by atoms with Crippen molar-refractivity contribution in [3.63, 3.8) is 0 Å². The zero-order valence-corrected chi connectivity index (χ0v) is 11.5. The van der Waals surface area contributed by atoms with Crippen LogP contribution in [0.15, 0.2) is 42.6 Å². The van der Waals surface area contributed by atoms with Crippen molar-refractivity contribution >= 4 is 11.7 Å². The second-order valence-corrected chi connectivity index (χ2v) is 4.94. The van der Waals surface area contributed by atoms with E-state index < -0.39 is 6.10 Å². The van der Waals surface area contributed by atoms with Gasteiger partial charge in [0.05, 0.1) is 6.54 Å². The Hall–Kier alpha value is -2.36. The Morgan fingerprint density at radius 1 is 1.25 bits per heavy atom. The first-order valence-corrected chi connectivity index (χ1v) is 6.64. The van der Waals surface area contributed by atoms with Crippen molar-refractivity contribution in [3.8, 4) is 5.75 Å². The minimum Gasteiger partial charge on any atom is -0.477 e. The van der Waals surface area contributed by atoms with Crippen LogP contribution >= 0.6 is 0 Å². The molecule has 0 aliphatic carbocycles. The van der Waals surface area contributed by atoms with Crippen LogP contribution in [0.1, 0.15) is 18.1 Å². The van der Waals surface area contributed by atoms with E-state index in [2.05, 4.69) is 4.98 Å². The molecule has 1 unspecified atom stereocenters. The summed E-state index contributed by atoms with van der Waals surface area (Å²) in [4.78, 5) is 18.4. The van der Waals surface area contributed by atoms with Crippen LogP contribution in [0.25, 0.3) is 0 Å². The molecular weight excluding hydrogens is 252 g/mol. The summed E-state index contributed by atoms with van der Waals surface area (Å²) in [5.74, 6) is 1.20. The minimum atomic E-state index is -0.476. The fourth-order valence-corrected chi connectivity index (χ4v) is 2.35. The molecule has 2 heterocycles. The SMILES string of the molecule is Cc1ccccc1CN1C(=O)C(C)Oc2cccnc21. The maximum atomic E-state index is 12.4. The maximum absolute atomic E-state index is 12.4. The molecule has 1 atom stereocenters. The zero-order valence-electron chi connectivity index (χ0n) is 11.5. The van der Waals surface area contributed by atoms with Crippen LogP contribution in [-0.4, -0.2) is 17.0 Å². The molecule has 0 saturated carbocycles. The number of hydrogen-bond acceptors (Lipinski definition) is 3. The van der Waals surface area contributed by atoms with Crippen LogP contribution in [0.2, 0.25) is 0 Å². The highest BCUT2D eigenvalue weighted by atomic mass is 16.5. The van der Waals surface area contributed by atoms with Crippen molar-refractivity contribution in [1.29, 1.82) is 0 Å². The number of carbonyl (C=O) groups is 1. The lowest BCUT2D eigenvalue weighted by molar-refractivity contribution is -0.125. The molecule has 0 saturated heterocycles. The molecule has 0 fully saturated rings. The first-order valence-electron chi connectivity index (χ1n) is 6.64. The van der Waals surface area contributed by atoms with Gasteiger partial charge in [-0.3, -0.25) is 9.69 Å². The van der Waals surface area contributed by atoms with Gasteiger partial charge in [0.1, 0.15) is 0 Å². The fourth-order valence-electron chi connectivity index (χ4n) is 2.35. The van der Waals surface area contributed by atoms with E-state index in [1.807, 2.05) is 43.3 Å². The van der Waals surface area contributed by atoms with Gasteiger partial charge >= 0.3 is 0 Å². The van der Waals surface area contributed by atoms with Gasteiger partial charge in [0.15, 0.2) is 17.7 Å². The summed E-state index contributed by atoms with van der Waals surface area (Å²) in [5.41, 5.74) is 2.28. The van der Waals surface area contributed by atoms with Crippen molar-refractivity contribution in [1.82, 2.24) is 4.98 Å². The van der Waals surface area contributed by atoms with Crippen LogP contribution in [0, 0.1) is 6.92 Å². The molecule has 3 rings (SSSR count). The molecule has 1 aromatic heterocycles. The number of fused-ring (bicyclic) bond motifs is 1. The van der Waals surface area contributed by atoms with E-state index >= 15 is 0 Å². The van der Waals surface area contributed by atoms with E-state index in [-0.39, 0.29) is 5.91 Å². The zero-order chi connectivity index (χ0) is 14.1. The number of rotatable bonds is 2. The molecule has 1 aliphatic heterocycles. The summed E-state index contributed by atoms with van der Waals surface area (Å²) >= 11 is 0. The van der Waals surface area contributed by atoms with Crippen LogP contribution in [0.4, 0.5) is 5.82 Å². The van der Waals surface area contributed by atoms with Crippen molar-refractivity contribution in [2.75, 3.05) is 4.90 Å². The average molecular weight is 268 g/mol. The molecule has 1 aliphatic rings. The number of aryl methyl sites for hydroxylation is 1. The molecule has 0 spiro atoms. The molecule has 1 aromatic carbocycles. The second-order valence-electron chi connectivity index (χ2n) is 4.94. The predicted molar refractivity (Wildman–Crippen MR) is 76.7 cm³/mol. The van der Waals surface area contributed by atoms with Crippen LogP contribution in [0.3, 0.4) is 0 Å². The number of aromatic nitrogens is 1. The van der Waals surface area contributed by atoms with E-state index in [0.717, 1.165) is 11.1 Å². The molecule has 1 amide bonds. The topological polar surface area (TPSA) is 42.4 Å². The number of hydrogen-bond donors (Lipinski definition) is 0. The molecular formula is C16H16N2O2. The fraction of sp³-hybridized carbons (Fsp3) is 0.250. The predicted octanol–water partition coefficient (Wildman–Crippen LogP) is 2.70. The van der Waals surface area contributed by atoms with E-state index in [0.29, 0.717) is 18.1 Å². The molecule has 0 N–H and O–H groups in total. The lowest BCUT2D eigenvalue weighted by Crippen LogP contribution is -2.44. The Kier molecular flexibility index (Phi) is 3.14. The molecule has 0 radical (unpaired) electrons. The number of ether oxygens (including phenoxy) is 1. The van der Waals surface area contributed by atoms with Crippen LogP contribution in [-0.2, 0) is 11.3 Å². The average Bonchev–Trinajstić information content (AvgIpc) is 2.46. The smallest absolute Gasteiger partial charge is 0.269 e. The van der Waals surface area contributed by atoms with E-state index in [1.54, 1.807) is 18.0 Å². The summed E-state index contributed by atoms with van der Waals surface area (Å²) in [6.45, 7) is 4.33. The number of benzene rings is 1.